The highest BCUT2D eigenvalue weighted by Gasteiger charge is 2.05. The first-order valence-electron chi connectivity index (χ1n) is 8.62. The molecular formula is C20H25N3O2S. The summed E-state index contributed by atoms with van der Waals surface area (Å²) in [4.78, 5) is 24.8. The number of carbonyl (C=O) groups is 2. The van der Waals surface area contributed by atoms with Crippen molar-refractivity contribution < 1.29 is 9.59 Å². The molecule has 3 amide bonds. The van der Waals surface area contributed by atoms with Gasteiger partial charge in [-0.15, -0.1) is 0 Å². The van der Waals surface area contributed by atoms with Gasteiger partial charge in [-0.2, -0.15) is 0 Å². The molecule has 0 bridgehead atoms. The Morgan fingerprint density at radius 2 is 1.77 bits per heavy atom. The Morgan fingerprint density at radius 3 is 2.42 bits per heavy atom. The normalized spacial score (nSPS) is 10.4. The van der Waals surface area contributed by atoms with Crippen molar-refractivity contribution in [2.45, 2.75) is 42.9 Å². The van der Waals surface area contributed by atoms with Gasteiger partial charge < -0.3 is 16.4 Å². The van der Waals surface area contributed by atoms with Crippen LogP contribution < -0.4 is 16.4 Å². The van der Waals surface area contributed by atoms with Gasteiger partial charge in [0.15, 0.2) is 0 Å². The Balaban J connectivity index is 1.79. The summed E-state index contributed by atoms with van der Waals surface area (Å²) in [7, 11) is 0. The summed E-state index contributed by atoms with van der Waals surface area (Å²) in [5, 5.41) is 5.40. The predicted octanol–water partition coefficient (Wildman–Crippen LogP) is 4.23. The number of benzene rings is 2. The number of hydrogen-bond acceptors (Lipinski definition) is 3. The third-order valence-electron chi connectivity index (χ3n) is 3.83. The fraction of sp³-hybridized carbons (Fsp3) is 0.300. The number of anilines is 1. The minimum Gasteiger partial charge on any atom is -0.352 e. The molecule has 0 aliphatic heterocycles. The first-order valence-corrected chi connectivity index (χ1v) is 9.44. The number of urea groups is 1. The lowest BCUT2D eigenvalue weighted by molar-refractivity contribution is -0.116. The molecule has 0 unspecified atom stereocenters. The molecule has 0 aromatic heterocycles. The largest absolute Gasteiger partial charge is 0.352 e. The van der Waals surface area contributed by atoms with E-state index in [-0.39, 0.29) is 5.91 Å². The predicted molar refractivity (Wildman–Crippen MR) is 107 cm³/mol. The SMILES string of the molecule is Cc1ccc(Sc2ccc(NC(=O)CCCCNC(N)=O)cc2)c(C)c1. The maximum Gasteiger partial charge on any atom is 0.312 e. The van der Waals surface area contributed by atoms with Gasteiger partial charge in [-0.05, 0) is 62.6 Å². The fourth-order valence-corrected chi connectivity index (χ4v) is 3.37. The van der Waals surface area contributed by atoms with Crippen molar-refractivity contribution in [3.8, 4) is 0 Å². The number of amides is 3. The maximum absolute atomic E-state index is 11.9. The fourth-order valence-electron chi connectivity index (χ4n) is 2.49. The Kier molecular flexibility index (Phi) is 7.53. The molecule has 0 spiro atoms. The summed E-state index contributed by atoms with van der Waals surface area (Å²) < 4.78 is 0. The molecule has 4 N–H and O–H groups in total. The van der Waals surface area contributed by atoms with E-state index in [0.717, 1.165) is 17.0 Å². The van der Waals surface area contributed by atoms with Crippen molar-refractivity contribution in [2.75, 3.05) is 11.9 Å². The minimum absolute atomic E-state index is 0.0288. The lowest BCUT2D eigenvalue weighted by atomic mass is 10.2. The highest BCUT2D eigenvalue weighted by Crippen LogP contribution is 2.31. The molecule has 2 aromatic rings. The van der Waals surface area contributed by atoms with Crippen molar-refractivity contribution >= 4 is 29.4 Å². The number of unbranched alkanes of at least 4 members (excludes halogenated alkanes) is 1. The standard InChI is InChI=1S/C20H25N3O2S/c1-14-6-11-18(15(2)13-14)26-17-9-7-16(8-10-17)23-19(24)5-3-4-12-22-20(21)25/h6-11,13H,3-5,12H2,1-2H3,(H,23,24)(H3,21,22,25). The van der Waals surface area contributed by atoms with E-state index in [1.165, 1.54) is 16.0 Å². The van der Waals surface area contributed by atoms with Crippen LogP contribution >= 0.6 is 11.8 Å². The molecule has 2 aromatic carbocycles. The van der Waals surface area contributed by atoms with E-state index in [9.17, 15) is 9.59 Å². The molecule has 0 heterocycles. The zero-order valence-electron chi connectivity index (χ0n) is 15.2. The van der Waals surface area contributed by atoms with E-state index in [1.54, 1.807) is 11.8 Å². The van der Waals surface area contributed by atoms with Crippen molar-refractivity contribution in [3.05, 3.63) is 53.6 Å². The number of rotatable bonds is 8. The van der Waals surface area contributed by atoms with Crippen molar-refractivity contribution in [1.29, 1.82) is 0 Å². The molecule has 0 aliphatic carbocycles. The first kappa shape index (κ1) is 19.8. The highest BCUT2D eigenvalue weighted by atomic mass is 32.2. The average Bonchev–Trinajstić information content (AvgIpc) is 2.58. The van der Waals surface area contributed by atoms with Gasteiger partial charge in [0.25, 0.3) is 0 Å². The van der Waals surface area contributed by atoms with Crippen LogP contribution in [0.3, 0.4) is 0 Å². The Morgan fingerprint density at radius 1 is 1.04 bits per heavy atom. The zero-order valence-corrected chi connectivity index (χ0v) is 16.0. The van der Waals surface area contributed by atoms with Crippen LogP contribution in [0.15, 0.2) is 52.3 Å². The third-order valence-corrected chi connectivity index (χ3v) is 5.01. The molecule has 0 saturated heterocycles. The number of carbonyl (C=O) groups excluding carboxylic acids is 2. The van der Waals surface area contributed by atoms with Crippen LogP contribution in [0.1, 0.15) is 30.4 Å². The van der Waals surface area contributed by atoms with Gasteiger partial charge in [0.1, 0.15) is 0 Å². The van der Waals surface area contributed by atoms with Crippen molar-refractivity contribution in [1.82, 2.24) is 5.32 Å². The number of aryl methyl sites for hydroxylation is 2. The second-order valence-corrected chi connectivity index (χ2v) is 7.31. The van der Waals surface area contributed by atoms with Gasteiger partial charge in [0, 0.05) is 28.4 Å². The van der Waals surface area contributed by atoms with Crippen LogP contribution in [-0.4, -0.2) is 18.5 Å². The molecule has 0 aliphatic rings. The van der Waals surface area contributed by atoms with Crippen LogP contribution in [0, 0.1) is 13.8 Å². The topological polar surface area (TPSA) is 84.2 Å². The van der Waals surface area contributed by atoms with E-state index in [0.29, 0.717) is 19.4 Å². The summed E-state index contributed by atoms with van der Waals surface area (Å²) in [6, 6.07) is 13.7. The summed E-state index contributed by atoms with van der Waals surface area (Å²) in [6.45, 7) is 4.70. The third kappa shape index (κ3) is 6.80. The zero-order chi connectivity index (χ0) is 18.9. The molecule has 138 valence electrons. The lowest BCUT2D eigenvalue weighted by Gasteiger charge is -2.09. The summed E-state index contributed by atoms with van der Waals surface area (Å²) >= 11 is 1.71. The molecule has 0 atom stereocenters. The Bertz CT molecular complexity index is 760. The van der Waals surface area contributed by atoms with Gasteiger partial charge in [-0.3, -0.25) is 4.79 Å². The van der Waals surface area contributed by atoms with Crippen molar-refractivity contribution in [2.24, 2.45) is 5.73 Å². The van der Waals surface area contributed by atoms with E-state index >= 15 is 0 Å². The summed E-state index contributed by atoms with van der Waals surface area (Å²) in [5.74, 6) is -0.0288. The van der Waals surface area contributed by atoms with Gasteiger partial charge in [0.05, 0.1) is 0 Å². The Labute approximate surface area is 158 Å². The second kappa shape index (κ2) is 9.87. The Hall–Kier alpha value is -2.47. The van der Waals surface area contributed by atoms with Gasteiger partial charge in [0.2, 0.25) is 5.91 Å². The van der Waals surface area contributed by atoms with Crippen LogP contribution in [0.4, 0.5) is 10.5 Å². The highest BCUT2D eigenvalue weighted by molar-refractivity contribution is 7.99. The maximum atomic E-state index is 11.9. The van der Waals surface area contributed by atoms with E-state index in [2.05, 4.69) is 42.7 Å². The van der Waals surface area contributed by atoms with Crippen molar-refractivity contribution in [3.63, 3.8) is 0 Å². The quantitative estimate of drug-likeness (QED) is 0.607. The van der Waals surface area contributed by atoms with E-state index in [1.807, 2.05) is 24.3 Å². The number of nitrogens with two attached hydrogens (primary N) is 1. The lowest BCUT2D eigenvalue weighted by Crippen LogP contribution is -2.30. The first-order chi connectivity index (χ1) is 12.4. The smallest absolute Gasteiger partial charge is 0.312 e. The van der Waals surface area contributed by atoms with E-state index < -0.39 is 6.03 Å². The molecular weight excluding hydrogens is 346 g/mol. The second-order valence-electron chi connectivity index (χ2n) is 6.19. The van der Waals surface area contributed by atoms with E-state index in [4.69, 9.17) is 5.73 Å². The molecule has 2 rings (SSSR count). The summed E-state index contributed by atoms with van der Waals surface area (Å²) in [5.41, 5.74) is 8.29. The molecule has 0 saturated carbocycles. The molecule has 26 heavy (non-hydrogen) atoms. The van der Waals surface area contributed by atoms with Gasteiger partial charge in [-0.1, -0.05) is 29.5 Å². The molecule has 5 nitrogen and oxygen atoms in total. The number of hydrogen-bond donors (Lipinski definition) is 3. The summed E-state index contributed by atoms with van der Waals surface area (Å²) in [6.07, 6.45) is 1.84. The van der Waals surface area contributed by atoms with Crippen LogP contribution in [0.25, 0.3) is 0 Å². The number of primary amides is 1. The molecule has 0 radical (unpaired) electrons. The van der Waals surface area contributed by atoms with Crippen LogP contribution in [0.2, 0.25) is 0 Å². The average molecular weight is 372 g/mol. The van der Waals surface area contributed by atoms with Crippen LogP contribution in [-0.2, 0) is 4.79 Å². The monoisotopic (exact) mass is 371 g/mol. The number of nitrogens with one attached hydrogen (secondary N) is 2. The van der Waals surface area contributed by atoms with Gasteiger partial charge >= 0.3 is 6.03 Å². The minimum atomic E-state index is -0.534. The molecule has 0 fully saturated rings. The van der Waals surface area contributed by atoms with Crippen LogP contribution in [0.5, 0.6) is 0 Å². The van der Waals surface area contributed by atoms with Gasteiger partial charge in [-0.25, -0.2) is 4.79 Å². The molecule has 6 heteroatoms.